The minimum atomic E-state index is -0.344. The monoisotopic (exact) mass is 261 g/mol. The van der Waals surface area contributed by atoms with Gasteiger partial charge in [0.05, 0.1) is 18.8 Å². The van der Waals surface area contributed by atoms with Gasteiger partial charge in [-0.2, -0.15) is 0 Å². The van der Waals surface area contributed by atoms with Crippen molar-refractivity contribution < 1.29 is 9.13 Å². The van der Waals surface area contributed by atoms with Crippen LogP contribution in [0.15, 0.2) is 42.7 Å². The lowest BCUT2D eigenvalue weighted by Crippen LogP contribution is -2.21. The van der Waals surface area contributed by atoms with E-state index in [4.69, 9.17) is 10.5 Å². The number of nitrogens with one attached hydrogen (secondary N) is 1. The molecule has 1 unspecified atom stereocenters. The Labute approximate surface area is 111 Å². The molecule has 1 atom stereocenters. The number of rotatable bonds is 5. The van der Waals surface area contributed by atoms with Crippen LogP contribution < -0.4 is 15.8 Å². The van der Waals surface area contributed by atoms with Crippen molar-refractivity contribution in [3.05, 3.63) is 54.1 Å². The van der Waals surface area contributed by atoms with E-state index in [1.165, 1.54) is 6.07 Å². The second kappa shape index (κ2) is 6.15. The summed E-state index contributed by atoms with van der Waals surface area (Å²) in [7, 11) is 1.54. The molecule has 100 valence electrons. The van der Waals surface area contributed by atoms with Crippen molar-refractivity contribution in [1.82, 2.24) is 4.98 Å². The summed E-state index contributed by atoms with van der Waals surface area (Å²) in [6.07, 6.45) is 3.39. The molecule has 4 nitrogen and oxygen atoms in total. The van der Waals surface area contributed by atoms with Crippen molar-refractivity contribution in [2.75, 3.05) is 19.0 Å². The quantitative estimate of drug-likeness (QED) is 0.867. The molecule has 1 heterocycles. The van der Waals surface area contributed by atoms with E-state index in [-0.39, 0.29) is 11.9 Å². The second-order valence-corrected chi connectivity index (χ2v) is 4.06. The van der Waals surface area contributed by atoms with Crippen LogP contribution in [0.4, 0.5) is 10.1 Å². The third-order valence-corrected chi connectivity index (χ3v) is 2.83. The number of pyridine rings is 1. The first-order chi connectivity index (χ1) is 9.24. The number of benzene rings is 1. The molecule has 19 heavy (non-hydrogen) atoms. The lowest BCUT2D eigenvalue weighted by atomic mass is 10.1. The Kier molecular flexibility index (Phi) is 4.30. The molecule has 0 saturated carbocycles. The molecule has 1 aromatic heterocycles. The Hall–Kier alpha value is -2.14. The number of nitrogens with zero attached hydrogens (tertiary/aromatic N) is 1. The highest BCUT2D eigenvalue weighted by Gasteiger charge is 2.12. The van der Waals surface area contributed by atoms with E-state index in [1.807, 2.05) is 12.1 Å². The lowest BCUT2D eigenvalue weighted by molar-refractivity contribution is 0.414. The maximum absolute atomic E-state index is 13.7. The minimum Gasteiger partial charge on any atom is -0.497 e. The fourth-order valence-corrected chi connectivity index (χ4v) is 1.79. The molecule has 2 rings (SSSR count). The molecule has 0 bridgehead atoms. The van der Waals surface area contributed by atoms with Crippen molar-refractivity contribution in [3.63, 3.8) is 0 Å². The topological polar surface area (TPSA) is 60.2 Å². The highest BCUT2D eigenvalue weighted by molar-refractivity contribution is 5.51. The van der Waals surface area contributed by atoms with Crippen LogP contribution in [0.5, 0.6) is 5.75 Å². The third kappa shape index (κ3) is 3.20. The molecule has 0 aliphatic rings. The molecular weight excluding hydrogens is 245 g/mol. The molecule has 0 radical (unpaired) electrons. The molecule has 0 amide bonds. The van der Waals surface area contributed by atoms with Crippen LogP contribution in [0.1, 0.15) is 11.6 Å². The normalized spacial score (nSPS) is 11.9. The molecule has 0 aliphatic carbocycles. The zero-order chi connectivity index (χ0) is 13.7. The first-order valence-electron chi connectivity index (χ1n) is 5.94. The van der Waals surface area contributed by atoms with Gasteiger partial charge in [0.25, 0.3) is 0 Å². The van der Waals surface area contributed by atoms with Gasteiger partial charge in [-0.05, 0) is 23.8 Å². The number of methoxy groups -OCH3 is 1. The van der Waals surface area contributed by atoms with Crippen LogP contribution in [0.3, 0.4) is 0 Å². The smallest absolute Gasteiger partial charge is 0.146 e. The third-order valence-electron chi connectivity index (χ3n) is 2.83. The highest BCUT2D eigenvalue weighted by Crippen LogP contribution is 2.25. The Bertz CT molecular complexity index is 533. The summed E-state index contributed by atoms with van der Waals surface area (Å²) >= 11 is 0. The zero-order valence-corrected chi connectivity index (χ0v) is 10.6. The largest absolute Gasteiger partial charge is 0.497 e. The summed E-state index contributed by atoms with van der Waals surface area (Å²) in [5, 5.41) is 3.07. The summed E-state index contributed by atoms with van der Waals surface area (Å²) in [6.45, 7) is 0.336. The van der Waals surface area contributed by atoms with Gasteiger partial charge in [-0.15, -0.1) is 0 Å². The van der Waals surface area contributed by atoms with E-state index in [0.717, 1.165) is 5.56 Å². The van der Waals surface area contributed by atoms with Gasteiger partial charge in [0.15, 0.2) is 0 Å². The van der Waals surface area contributed by atoms with Gasteiger partial charge in [0.2, 0.25) is 0 Å². The summed E-state index contributed by atoms with van der Waals surface area (Å²) in [5.74, 6) is 0.244. The van der Waals surface area contributed by atoms with E-state index >= 15 is 0 Å². The van der Waals surface area contributed by atoms with Crippen LogP contribution in [-0.2, 0) is 0 Å². The Morgan fingerprint density at radius 3 is 2.89 bits per heavy atom. The van der Waals surface area contributed by atoms with Crippen molar-refractivity contribution in [1.29, 1.82) is 0 Å². The predicted octanol–water partition coefficient (Wildman–Crippen LogP) is 2.34. The molecule has 5 heteroatoms. The number of nitrogens with two attached hydrogens (primary N) is 1. The maximum Gasteiger partial charge on any atom is 0.146 e. The van der Waals surface area contributed by atoms with Gasteiger partial charge in [-0.1, -0.05) is 6.07 Å². The SMILES string of the molecule is COc1ccc(F)c(NC(CN)c2cccnc2)c1. The van der Waals surface area contributed by atoms with Crippen LogP contribution >= 0.6 is 0 Å². The lowest BCUT2D eigenvalue weighted by Gasteiger charge is -2.19. The van der Waals surface area contributed by atoms with Gasteiger partial charge in [0.1, 0.15) is 11.6 Å². The van der Waals surface area contributed by atoms with Crippen molar-refractivity contribution in [2.45, 2.75) is 6.04 Å². The van der Waals surface area contributed by atoms with E-state index in [1.54, 1.807) is 31.6 Å². The average molecular weight is 261 g/mol. The number of halogens is 1. The standard InChI is InChI=1S/C14H16FN3O/c1-19-11-4-5-12(15)13(7-11)18-14(8-16)10-3-2-6-17-9-10/h2-7,9,14,18H,8,16H2,1H3. The molecule has 3 N–H and O–H groups in total. The zero-order valence-electron chi connectivity index (χ0n) is 10.6. The Balaban J connectivity index is 2.23. The minimum absolute atomic E-state index is 0.199. The van der Waals surface area contributed by atoms with E-state index < -0.39 is 0 Å². The fraction of sp³-hybridized carbons (Fsp3) is 0.214. The number of ether oxygens (including phenoxy) is 1. The molecule has 1 aromatic carbocycles. The van der Waals surface area contributed by atoms with E-state index in [2.05, 4.69) is 10.3 Å². The molecule has 0 saturated heterocycles. The number of hydrogen-bond donors (Lipinski definition) is 2. The predicted molar refractivity (Wildman–Crippen MR) is 72.6 cm³/mol. The van der Waals surface area contributed by atoms with E-state index in [9.17, 15) is 4.39 Å². The summed E-state index contributed by atoms with van der Waals surface area (Å²) < 4.78 is 18.8. The molecule has 2 aromatic rings. The molecule has 0 aliphatic heterocycles. The number of hydrogen-bond acceptors (Lipinski definition) is 4. The fourth-order valence-electron chi connectivity index (χ4n) is 1.79. The van der Waals surface area contributed by atoms with Crippen LogP contribution in [0.2, 0.25) is 0 Å². The number of aromatic nitrogens is 1. The first-order valence-corrected chi connectivity index (χ1v) is 5.94. The van der Waals surface area contributed by atoms with Crippen molar-refractivity contribution >= 4 is 5.69 Å². The number of anilines is 1. The highest BCUT2D eigenvalue weighted by atomic mass is 19.1. The van der Waals surface area contributed by atoms with Crippen molar-refractivity contribution in [3.8, 4) is 5.75 Å². The van der Waals surface area contributed by atoms with Crippen LogP contribution in [-0.4, -0.2) is 18.6 Å². The second-order valence-electron chi connectivity index (χ2n) is 4.06. The van der Waals surface area contributed by atoms with Gasteiger partial charge in [0, 0.05) is 25.0 Å². The first kappa shape index (κ1) is 13.3. The molecular formula is C14H16FN3O. The van der Waals surface area contributed by atoms with Gasteiger partial charge < -0.3 is 15.8 Å². The van der Waals surface area contributed by atoms with E-state index in [0.29, 0.717) is 18.0 Å². The van der Waals surface area contributed by atoms with Gasteiger partial charge in [-0.3, -0.25) is 4.98 Å². The molecule has 0 fully saturated rings. The summed E-state index contributed by atoms with van der Waals surface area (Å²) in [5.41, 5.74) is 7.00. The summed E-state index contributed by atoms with van der Waals surface area (Å²) in [4.78, 5) is 4.04. The Morgan fingerprint density at radius 1 is 1.42 bits per heavy atom. The summed E-state index contributed by atoms with van der Waals surface area (Å²) in [6, 6.07) is 8.06. The van der Waals surface area contributed by atoms with Gasteiger partial charge in [-0.25, -0.2) is 4.39 Å². The van der Waals surface area contributed by atoms with Gasteiger partial charge >= 0.3 is 0 Å². The maximum atomic E-state index is 13.7. The van der Waals surface area contributed by atoms with Crippen LogP contribution in [0, 0.1) is 5.82 Å². The van der Waals surface area contributed by atoms with Crippen molar-refractivity contribution in [2.24, 2.45) is 5.73 Å². The Morgan fingerprint density at radius 2 is 2.26 bits per heavy atom. The molecule has 0 spiro atoms. The van der Waals surface area contributed by atoms with Crippen LogP contribution in [0.25, 0.3) is 0 Å². The average Bonchev–Trinajstić information content (AvgIpc) is 2.47.